The highest BCUT2D eigenvalue weighted by molar-refractivity contribution is 5.91. The third-order valence-corrected chi connectivity index (χ3v) is 6.56. The van der Waals surface area contributed by atoms with Gasteiger partial charge in [0, 0.05) is 19.8 Å². The molecule has 0 fully saturated rings. The first-order chi connectivity index (χ1) is 20.4. The molecule has 4 aromatic carbocycles. The molecule has 0 aliphatic heterocycles. The fourth-order valence-corrected chi connectivity index (χ4v) is 4.42. The van der Waals surface area contributed by atoms with Gasteiger partial charge in [0.1, 0.15) is 25.3 Å². The van der Waals surface area contributed by atoms with E-state index in [4.69, 9.17) is 15.2 Å². The molecule has 0 spiro atoms. The molecule has 0 radical (unpaired) electrons. The number of amides is 3. The molecule has 0 bridgehead atoms. The Bertz CT molecular complexity index is 1460. The van der Waals surface area contributed by atoms with Crippen LogP contribution in [0.1, 0.15) is 29.2 Å². The van der Waals surface area contributed by atoms with Crippen LogP contribution in [0.3, 0.4) is 0 Å². The van der Waals surface area contributed by atoms with Crippen LogP contribution in [0.15, 0.2) is 109 Å². The van der Waals surface area contributed by atoms with Crippen molar-refractivity contribution >= 4 is 17.7 Å². The predicted octanol–water partition coefficient (Wildman–Crippen LogP) is 4.10. The second kappa shape index (κ2) is 15.0. The quantitative estimate of drug-likeness (QED) is 0.213. The highest BCUT2D eigenvalue weighted by Crippen LogP contribution is 2.30. The second-order valence-electron chi connectivity index (χ2n) is 9.94. The van der Waals surface area contributed by atoms with Gasteiger partial charge in [-0.05, 0) is 34.4 Å². The van der Waals surface area contributed by atoms with Gasteiger partial charge < -0.3 is 25.8 Å². The summed E-state index contributed by atoms with van der Waals surface area (Å²) in [4.78, 5) is 37.5. The molecular formula is C34H35N3O5. The van der Waals surface area contributed by atoms with Gasteiger partial charge in [-0.1, -0.05) is 97.1 Å². The van der Waals surface area contributed by atoms with Gasteiger partial charge in [0.25, 0.3) is 0 Å². The number of hydrogen-bond acceptors (Lipinski definition) is 5. The average molecular weight is 566 g/mol. The molecule has 0 aliphatic carbocycles. The van der Waals surface area contributed by atoms with Gasteiger partial charge >= 0.3 is 0 Å². The van der Waals surface area contributed by atoms with E-state index in [1.54, 1.807) is 12.1 Å². The van der Waals surface area contributed by atoms with Crippen molar-refractivity contribution in [3.05, 3.63) is 131 Å². The summed E-state index contributed by atoms with van der Waals surface area (Å²) in [5.74, 6) is -0.496. The molecule has 0 aliphatic rings. The van der Waals surface area contributed by atoms with Crippen LogP contribution in [-0.4, -0.2) is 29.8 Å². The lowest BCUT2D eigenvalue weighted by molar-refractivity contribution is -0.130. The van der Waals surface area contributed by atoms with Crippen molar-refractivity contribution in [2.45, 2.75) is 45.1 Å². The topological polar surface area (TPSA) is 120 Å². The first-order valence-corrected chi connectivity index (χ1v) is 13.7. The SMILES string of the molecule is CC(=O)N[C@H](Cc1ccccc1)C(=O)N[C@H](Cc1ccc(OCc2ccccc2)c(OCc2ccccc2)c1)C(N)=O. The molecule has 3 amide bonds. The number of rotatable bonds is 14. The van der Waals surface area contributed by atoms with Crippen LogP contribution in [0.5, 0.6) is 11.5 Å². The largest absolute Gasteiger partial charge is 0.485 e. The summed E-state index contributed by atoms with van der Waals surface area (Å²) in [5.41, 5.74) is 9.29. The lowest BCUT2D eigenvalue weighted by Crippen LogP contribution is -2.54. The maximum Gasteiger partial charge on any atom is 0.243 e. The maximum atomic E-state index is 13.2. The number of hydrogen-bond donors (Lipinski definition) is 3. The third-order valence-electron chi connectivity index (χ3n) is 6.56. The minimum atomic E-state index is -1.01. The summed E-state index contributed by atoms with van der Waals surface area (Å²) in [6.07, 6.45) is 0.391. The van der Waals surface area contributed by atoms with E-state index in [9.17, 15) is 14.4 Å². The van der Waals surface area contributed by atoms with E-state index < -0.39 is 23.9 Å². The third kappa shape index (κ3) is 9.23. The Hall–Kier alpha value is -5.11. The maximum absolute atomic E-state index is 13.2. The molecule has 0 unspecified atom stereocenters. The van der Waals surface area contributed by atoms with Gasteiger partial charge in [-0.2, -0.15) is 0 Å². The van der Waals surface area contributed by atoms with Crippen molar-refractivity contribution in [3.63, 3.8) is 0 Å². The van der Waals surface area contributed by atoms with E-state index >= 15 is 0 Å². The van der Waals surface area contributed by atoms with Gasteiger partial charge in [-0.25, -0.2) is 0 Å². The van der Waals surface area contributed by atoms with Crippen LogP contribution >= 0.6 is 0 Å². The van der Waals surface area contributed by atoms with Gasteiger partial charge in [-0.15, -0.1) is 0 Å². The Morgan fingerprint density at radius 3 is 1.64 bits per heavy atom. The molecule has 0 aromatic heterocycles. The number of carbonyl (C=O) groups excluding carboxylic acids is 3. The normalized spacial score (nSPS) is 12.0. The molecule has 0 saturated heterocycles. The number of nitrogens with two attached hydrogens (primary N) is 1. The van der Waals surface area contributed by atoms with E-state index in [1.807, 2.05) is 97.1 Å². The Kier molecular flexibility index (Phi) is 10.7. The zero-order valence-electron chi connectivity index (χ0n) is 23.5. The van der Waals surface area contributed by atoms with Crippen molar-refractivity contribution in [2.24, 2.45) is 5.73 Å². The highest BCUT2D eigenvalue weighted by atomic mass is 16.5. The smallest absolute Gasteiger partial charge is 0.243 e. The fourth-order valence-electron chi connectivity index (χ4n) is 4.42. The molecule has 216 valence electrons. The van der Waals surface area contributed by atoms with Gasteiger partial charge in [-0.3, -0.25) is 14.4 Å². The number of benzene rings is 4. The molecule has 4 N–H and O–H groups in total. The molecule has 8 heteroatoms. The van der Waals surface area contributed by atoms with Gasteiger partial charge in [0.15, 0.2) is 11.5 Å². The zero-order chi connectivity index (χ0) is 29.7. The van der Waals surface area contributed by atoms with Crippen LogP contribution in [0, 0.1) is 0 Å². The summed E-state index contributed by atoms with van der Waals surface area (Å²) in [6, 6.07) is 32.4. The van der Waals surface area contributed by atoms with Crippen molar-refractivity contribution in [2.75, 3.05) is 0 Å². The minimum absolute atomic E-state index is 0.125. The summed E-state index contributed by atoms with van der Waals surface area (Å²) >= 11 is 0. The van der Waals surface area contributed by atoms with Gasteiger partial charge in [0.2, 0.25) is 17.7 Å². The first-order valence-electron chi connectivity index (χ1n) is 13.7. The fraction of sp³-hybridized carbons (Fsp3) is 0.206. The lowest BCUT2D eigenvalue weighted by atomic mass is 10.0. The van der Waals surface area contributed by atoms with Crippen LogP contribution in [0.2, 0.25) is 0 Å². The van der Waals surface area contributed by atoms with Crippen molar-refractivity contribution in [3.8, 4) is 11.5 Å². The molecule has 2 atom stereocenters. The summed E-state index contributed by atoms with van der Waals surface area (Å²) in [6.45, 7) is 2.02. The summed E-state index contributed by atoms with van der Waals surface area (Å²) in [5, 5.41) is 5.40. The van der Waals surface area contributed by atoms with Gasteiger partial charge in [0.05, 0.1) is 0 Å². The van der Waals surface area contributed by atoms with Crippen LogP contribution in [0.25, 0.3) is 0 Å². The molecule has 8 nitrogen and oxygen atoms in total. The van der Waals surface area contributed by atoms with E-state index in [-0.39, 0.29) is 18.7 Å². The Morgan fingerprint density at radius 2 is 1.12 bits per heavy atom. The Labute approximate surface area is 245 Å². The molecule has 0 heterocycles. The summed E-state index contributed by atoms with van der Waals surface area (Å²) < 4.78 is 12.2. The van der Waals surface area contributed by atoms with Crippen molar-refractivity contribution in [1.82, 2.24) is 10.6 Å². The van der Waals surface area contributed by atoms with Crippen LogP contribution < -0.4 is 25.8 Å². The first kappa shape index (κ1) is 29.9. The predicted molar refractivity (Wildman–Crippen MR) is 161 cm³/mol. The van der Waals surface area contributed by atoms with E-state index in [2.05, 4.69) is 10.6 Å². The summed E-state index contributed by atoms with van der Waals surface area (Å²) in [7, 11) is 0. The zero-order valence-corrected chi connectivity index (χ0v) is 23.5. The van der Waals surface area contributed by atoms with Crippen molar-refractivity contribution < 1.29 is 23.9 Å². The molecule has 42 heavy (non-hydrogen) atoms. The van der Waals surface area contributed by atoms with E-state index in [1.165, 1.54) is 6.92 Å². The molecule has 0 saturated carbocycles. The molecule has 4 aromatic rings. The van der Waals surface area contributed by atoms with E-state index in [0.717, 1.165) is 16.7 Å². The molecule has 4 rings (SSSR count). The second-order valence-corrected chi connectivity index (χ2v) is 9.94. The number of carbonyl (C=O) groups is 3. The molecular weight excluding hydrogens is 530 g/mol. The highest BCUT2D eigenvalue weighted by Gasteiger charge is 2.26. The number of ether oxygens (including phenoxy) is 2. The Balaban J connectivity index is 1.50. The lowest BCUT2D eigenvalue weighted by Gasteiger charge is -2.22. The standard InChI is InChI=1S/C34H35N3O5/c1-24(38)36-30(19-25-11-5-2-6-12-25)34(40)37-29(33(35)39)20-28-17-18-31(41-22-26-13-7-3-8-14-26)32(21-28)42-23-27-15-9-4-10-16-27/h2-18,21,29-30H,19-20,22-23H2,1H3,(H2,35,39)(H,36,38)(H,37,40)/t29-,30-/m1/s1. The minimum Gasteiger partial charge on any atom is -0.485 e. The number of nitrogens with one attached hydrogen (secondary N) is 2. The average Bonchev–Trinajstić information content (AvgIpc) is 3.00. The van der Waals surface area contributed by atoms with Crippen LogP contribution in [0.4, 0.5) is 0 Å². The van der Waals surface area contributed by atoms with E-state index in [0.29, 0.717) is 30.3 Å². The van der Waals surface area contributed by atoms with Crippen molar-refractivity contribution in [1.29, 1.82) is 0 Å². The number of primary amides is 1. The monoisotopic (exact) mass is 565 g/mol. The Morgan fingerprint density at radius 1 is 0.619 bits per heavy atom. The van der Waals surface area contributed by atoms with Crippen LogP contribution in [-0.2, 0) is 40.4 Å².